The number of carbonyl (C=O) groups is 1. The van der Waals surface area contributed by atoms with Crippen LogP contribution in [0.3, 0.4) is 0 Å². The zero-order valence-corrected chi connectivity index (χ0v) is 12.1. The fourth-order valence-corrected chi connectivity index (χ4v) is 2.62. The van der Waals surface area contributed by atoms with Gasteiger partial charge in [0.2, 0.25) is 5.91 Å². The summed E-state index contributed by atoms with van der Waals surface area (Å²) in [5.41, 5.74) is 0.844. The SMILES string of the molecule is O=C(/C=C/c1ccccc1Cl)N1CCC(n2nccn2)C1. The van der Waals surface area contributed by atoms with E-state index in [4.69, 9.17) is 11.6 Å². The second-order valence-electron chi connectivity index (χ2n) is 4.93. The third-order valence-electron chi connectivity index (χ3n) is 3.55. The van der Waals surface area contributed by atoms with Crippen LogP contribution in [-0.4, -0.2) is 38.9 Å². The summed E-state index contributed by atoms with van der Waals surface area (Å²) >= 11 is 6.06. The molecule has 1 unspecified atom stereocenters. The molecule has 1 aliphatic rings. The van der Waals surface area contributed by atoms with Gasteiger partial charge < -0.3 is 4.90 Å². The van der Waals surface area contributed by atoms with Gasteiger partial charge in [0.1, 0.15) is 0 Å². The molecule has 2 heterocycles. The van der Waals surface area contributed by atoms with Crippen LogP contribution in [0.25, 0.3) is 6.08 Å². The number of halogens is 1. The van der Waals surface area contributed by atoms with Crippen LogP contribution in [0.1, 0.15) is 18.0 Å². The molecule has 0 radical (unpaired) electrons. The number of hydrogen-bond acceptors (Lipinski definition) is 3. The fraction of sp³-hybridized carbons (Fsp3) is 0.267. The number of carbonyl (C=O) groups excluding carboxylic acids is 1. The Morgan fingerprint density at radius 2 is 2.05 bits per heavy atom. The van der Waals surface area contributed by atoms with Crippen molar-refractivity contribution in [2.24, 2.45) is 0 Å². The standard InChI is InChI=1S/C15H15ClN4O/c16-14-4-2-1-3-12(14)5-6-15(21)19-10-7-13(11-19)20-17-8-9-18-20/h1-6,8-9,13H,7,10-11H2/b6-5+. The zero-order valence-electron chi connectivity index (χ0n) is 11.4. The van der Waals surface area contributed by atoms with E-state index in [2.05, 4.69) is 10.2 Å². The first-order chi connectivity index (χ1) is 10.2. The van der Waals surface area contributed by atoms with Crippen LogP contribution in [-0.2, 0) is 4.79 Å². The van der Waals surface area contributed by atoms with E-state index in [0.717, 1.165) is 18.5 Å². The third kappa shape index (κ3) is 3.13. The van der Waals surface area contributed by atoms with Crippen LogP contribution in [0.15, 0.2) is 42.7 Å². The van der Waals surface area contributed by atoms with Crippen molar-refractivity contribution < 1.29 is 4.79 Å². The molecule has 5 nitrogen and oxygen atoms in total. The van der Waals surface area contributed by atoms with E-state index in [1.165, 1.54) is 0 Å². The Labute approximate surface area is 127 Å². The Morgan fingerprint density at radius 1 is 1.29 bits per heavy atom. The molecule has 0 saturated carbocycles. The van der Waals surface area contributed by atoms with Gasteiger partial charge in [-0.3, -0.25) is 4.79 Å². The van der Waals surface area contributed by atoms with Crippen molar-refractivity contribution in [3.8, 4) is 0 Å². The van der Waals surface area contributed by atoms with Gasteiger partial charge in [0.05, 0.1) is 18.4 Å². The Balaban J connectivity index is 1.63. The van der Waals surface area contributed by atoms with Crippen molar-refractivity contribution in [1.29, 1.82) is 0 Å². The maximum absolute atomic E-state index is 12.2. The summed E-state index contributed by atoms with van der Waals surface area (Å²) in [7, 11) is 0. The summed E-state index contributed by atoms with van der Waals surface area (Å²) in [6.45, 7) is 1.36. The molecule has 6 heteroatoms. The van der Waals surface area contributed by atoms with Crippen molar-refractivity contribution in [3.63, 3.8) is 0 Å². The lowest BCUT2D eigenvalue weighted by atomic mass is 10.2. The van der Waals surface area contributed by atoms with E-state index in [0.29, 0.717) is 11.6 Å². The van der Waals surface area contributed by atoms with E-state index in [1.807, 2.05) is 18.2 Å². The molecule has 3 rings (SSSR count). The highest BCUT2D eigenvalue weighted by molar-refractivity contribution is 6.32. The third-order valence-corrected chi connectivity index (χ3v) is 3.89. The maximum atomic E-state index is 12.2. The number of aromatic nitrogens is 3. The number of amides is 1. The molecule has 1 aliphatic heterocycles. The minimum atomic E-state index is -0.00965. The number of hydrogen-bond donors (Lipinski definition) is 0. The summed E-state index contributed by atoms with van der Waals surface area (Å²) in [6, 6.07) is 7.61. The summed E-state index contributed by atoms with van der Waals surface area (Å²) < 4.78 is 0. The average molecular weight is 303 g/mol. The Kier molecular flexibility index (Phi) is 4.01. The molecule has 0 bridgehead atoms. The maximum Gasteiger partial charge on any atom is 0.246 e. The molecule has 1 aromatic heterocycles. The number of benzene rings is 1. The molecule has 108 valence electrons. The molecule has 2 aromatic rings. The summed E-state index contributed by atoms with van der Waals surface area (Å²) in [5.74, 6) is -0.00965. The van der Waals surface area contributed by atoms with Gasteiger partial charge in [-0.1, -0.05) is 29.8 Å². The van der Waals surface area contributed by atoms with Crippen molar-refractivity contribution in [1.82, 2.24) is 19.9 Å². The van der Waals surface area contributed by atoms with E-state index < -0.39 is 0 Å². The highest BCUT2D eigenvalue weighted by Gasteiger charge is 2.27. The lowest BCUT2D eigenvalue weighted by molar-refractivity contribution is -0.125. The van der Waals surface area contributed by atoms with Gasteiger partial charge in [-0.25, -0.2) is 0 Å². The first-order valence-electron chi connectivity index (χ1n) is 6.81. The topological polar surface area (TPSA) is 51.0 Å². The molecule has 0 spiro atoms. The summed E-state index contributed by atoms with van der Waals surface area (Å²) in [5, 5.41) is 8.90. The quantitative estimate of drug-likeness (QED) is 0.818. The van der Waals surface area contributed by atoms with Crippen molar-refractivity contribution in [2.75, 3.05) is 13.1 Å². The molecule has 1 amide bonds. The molecule has 0 N–H and O–H groups in total. The highest BCUT2D eigenvalue weighted by Crippen LogP contribution is 2.21. The largest absolute Gasteiger partial charge is 0.337 e. The average Bonchev–Trinajstić information content (AvgIpc) is 3.16. The van der Waals surface area contributed by atoms with Crippen LogP contribution >= 0.6 is 11.6 Å². The predicted octanol–water partition coefficient (Wildman–Crippen LogP) is 2.42. The van der Waals surface area contributed by atoms with Crippen LogP contribution in [0.5, 0.6) is 0 Å². The van der Waals surface area contributed by atoms with Crippen molar-refractivity contribution >= 4 is 23.6 Å². The van der Waals surface area contributed by atoms with Gasteiger partial charge in [-0.2, -0.15) is 15.0 Å². The van der Waals surface area contributed by atoms with Gasteiger partial charge >= 0.3 is 0 Å². The zero-order chi connectivity index (χ0) is 14.7. The smallest absolute Gasteiger partial charge is 0.246 e. The van der Waals surface area contributed by atoms with Crippen LogP contribution in [0, 0.1) is 0 Å². The predicted molar refractivity (Wildman–Crippen MR) is 80.7 cm³/mol. The van der Waals surface area contributed by atoms with Crippen molar-refractivity contribution in [2.45, 2.75) is 12.5 Å². The van der Waals surface area contributed by atoms with Crippen molar-refractivity contribution in [3.05, 3.63) is 53.3 Å². The molecule has 1 atom stereocenters. The monoisotopic (exact) mass is 302 g/mol. The number of nitrogens with zero attached hydrogens (tertiary/aromatic N) is 4. The lowest BCUT2D eigenvalue weighted by Crippen LogP contribution is -2.27. The molecule has 1 fully saturated rings. The number of likely N-dealkylation sites (tertiary alicyclic amines) is 1. The van der Waals surface area contributed by atoms with Gasteiger partial charge in [0, 0.05) is 24.2 Å². The van der Waals surface area contributed by atoms with Crippen LogP contribution in [0.4, 0.5) is 0 Å². The van der Waals surface area contributed by atoms with Crippen LogP contribution in [0.2, 0.25) is 5.02 Å². The number of rotatable bonds is 3. The molecule has 21 heavy (non-hydrogen) atoms. The molecular formula is C15H15ClN4O. The minimum absolute atomic E-state index is 0.00965. The first kappa shape index (κ1) is 13.8. The van der Waals surface area contributed by atoms with E-state index in [9.17, 15) is 4.79 Å². The van der Waals surface area contributed by atoms with Gasteiger partial charge in [-0.15, -0.1) is 0 Å². The first-order valence-corrected chi connectivity index (χ1v) is 7.19. The Hall–Kier alpha value is -2.14. The fourth-order valence-electron chi connectivity index (χ4n) is 2.42. The normalized spacial score (nSPS) is 18.5. The van der Waals surface area contributed by atoms with E-state index in [-0.39, 0.29) is 11.9 Å². The second kappa shape index (κ2) is 6.10. The molecule has 1 saturated heterocycles. The second-order valence-corrected chi connectivity index (χ2v) is 5.34. The highest BCUT2D eigenvalue weighted by atomic mass is 35.5. The Morgan fingerprint density at radius 3 is 2.81 bits per heavy atom. The van der Waals surface area contributed by atoms with Crippen LogP contribution < -0.4 is 0 Å². The minimum Gasteiger partial charge on any atom is -0.337 e. The lowest BCUT2D eigenvalue weighted by Gasteiger charge is -2.13. The van der Waals surface area contributed by atoms with E-state index in [1.54, 1.807) is 40.3 Å². The molecule has 0 aliphatic carbocycles. The summed E-state index contributed by atoms with van der Waals surface area (Å²) in [6.07, 6.45) is 7.51. The van der Waals surface area contributed by atoms with E-state index >= 15 is 0 Å². The van der Waals surface area contributed by atoms with Gasteiger partial charge in [0.25, 0.3) is 0 Å². The van der Waals surface area contributed by atoms with Gasteiger partial charge in [-0.05, 0) is 24.1 Å². The molecule has 1 aromatic carbocycles. The summed E-state index contributed by atoms with van der Waals surface area (Å²) in [4.78, 5) is 15.7. The molecular weight excluding hydrogens is 288 g/mol. The Bertz CT molecular complexity index is 653. The van der Waals surface area contributed by atoms with Gasteiger partial charge in [0.15, 0.2) is 0 Å².